The molecule has 5 heteroatoms. The van der Waals surface area contributed by atoms with Crippen molar-refractivity contribution in [2.24, 2.45) is 39.4 Å². The van der Waals surface area contributed by atoms with Crippen LogP contribution in [0.3, 0.4) is 0 Å². The first-order valence-electron chi connectivity index (χ1n) is 13.7. The van der Waals surface area contributed by atoms with E-state index in [1.165, 1.54) is 0 Å². The Kier molecular flexibility index (Phi) is 6.50. The average molecular weight is 487 g/mol. The number of carboxylic acid groups (broad SMARTS) is 1. The Morgan fingerprint density at radius 3 is 2.40 bits per heavy atom. The van der Waals surface area contributed by atoms with Gasteiger partial charge in [-0.25, -0.2) is 4.79 Å². The van der Waals surface area contributed by atoms with Crippen LogP contribution in [0.15, 0.2) is 22.8 Å². The Bertz CT molecular complexity index is 975. The Labute approximate surface area is 211 Å². The average Bonchev–Trinajstić information content (AvgIpc) is 3.03. The topological polar surface area (TPSA) is 94.8 Å². The van der Waals surface area contributed by atoms with Crippen molar-refractivity contribution in [3.05, 3.63) is 22.8 Å². The molecule has 0 aromatic carbocycles. The lowest BCUT2D eigenvalue weighted by atomic mass is 9.42. The van der Waals surface area contributed by atoms with Crippen LogP contribution in [0.1, 0.15) is 99.8 Å². The smallest absolute Gasteiger partial charge is 0.330 e. The van der Waals surface area contributed by atoms with Crippen LogP contribution in [-0.2, 0) is 9.59 Å². The van der Waals surface area contributed by atoms with Gasteiger partial charge in [0.2, 0.25) is 0 Å². The lowest BCUT2D eigenvalue weighted by Gasteiger charge is -2.62. The number of aliphatic hydroxyl groups excluding tert-OH is 2. The highest BCUT2D eigenvalue weighted by Gasteiger charge is 2.67. The maximum Gasteiger partial charge on any atom is 0.330 e. The van der Waals surface area contributed by atoms with Gasteiger partial charge in [0.15, 0.2) is 5.78 Å². The molecule has 5 nitrogen and oxygen atoms in total. The first kappa shape index (κ1) is 26.6. The lowest BCUT2D eigenvalue weighted by Crippen LogP contribution is -2.59. The zero-order valence-electron chi connectivity index (χ0n) is 22.8. The number of carbonyl (C=O) groups is 2. The summed E-state index contributed by atoms with van der Waals surface area (Å²) < 4.78 is 0. The minimum atomic E-state index is -0.867. The van der Waals surface area contributed by atoms with Crippen molar-refractivity contribution >= 4 is 11.8 Å². The zero-order valence-corrected chi connectivity index (χ0v) is 22.8. The van der Waals surface area contributed by atoms with E-state index in [0.717, 1.165) is 43.3 Å². The fourth-order valence-corrected chi connectivity index (χ4v) is 9.23. The highest BCUT2D eigenvalue weighted by atomic mass is 16.4. The van der Waals surface area contributed by atoms with Crippen LogP contribution in [-0.4, -0.2) is 39.3 Å². The van der Waals surface area contributed by atoms with E-state index in [4.69, 9.17) is 5.11 Å². The van der Waals surface area contributed by atoms with Crippen LogP contribution in [0.4, 0.5) is 0 Å². The third-order valence-electron chi connectivity index (χ3n) is 11.6. The molecule has 2 fully saturated rings. The summed E-state index contributed by atoms with van der Waals surface area (Å²) in [6.07, 6.45) is 7.01. The van der Waals surface area contributed by atoms with Crippen LogP contribution in [0.5, 0.6) is 0 Å². The molecule has 8 atom stereocenters. The molecular formula is C30H46O5. The van der Waals surface area contributed by atoms with E-state index >= 15 is 0 Å². The summed E-state index contributed by atoms with van der Waals surface area (Å²) in [7, 11) is 0. The van der Waals surface area contributed by atoms with Gasteiger partial charge in [-0.2, -0.15) is 0 Å². The van der Waals surface area contributed by atoms with Gasteiger partial charge in [0.25, 0.3) is 0 Å². The predicted molar refractivity (Wildman–Crippen MR) is 137 cm³/mol. The molecule has 4 aliphatic carbocycles. The van der Waals surface area contributed by atoms with Crippen molar-refractivity contribution in [3.63, 3.8) is 0 Å². The summed E-state index contributed by atoms with van der Waals surface area (Å²) >= 11 is 0. The van der Waals surface area contributed by atoms with Gasteiger partial charge in [-0.1, -0.05) is 47.6 Å². The zero-order chi connectivity index (χ0) is 26.1. The number of fused-ring (bicyclic) bond motifs is 4. The monoisotopic (exact) mass is 486 g/mol. The van der Waals surface area contributed by atoms with Gasteiger partial charge in [0.05, 0.1) is 12.2 Å². The molecule has 0 aromatic rings. The summed E-state index contributed by atoms with van der Waals surface area (Å²) in [4.78, 5) is 25.1. The number of rotatable bonds is 5. The first-order valence-corrected chi connectivity index (χ1v) is 13.7. The first-order chi connectivity index (χ1) is 16.1. The van der Waals surface area contributed by atoms with Gasteiger partial charge in [0, 0.05) is 23.0 Å². The van der Waals surface area contributed by atoms with Crippen molar-refractivity contribution in [2.45, 2.75) is 112 Å². The number of carbonyl (C=O) groups excluding carboxylic acids is 1. The van der Waals surface area contributed by atoms with Crippen molar-refractivity contribution in [1.82, 2.24) is 0 Å². The molecule has 4 aliphatic rings. The maximum absolute atomic E-state index is 13.9. The number of hydrogen-bond acceptors (Lipinski definition) is 4. The van der Waals surface area contributed by atoms with Crippen LogP contribution in [0.2, 0.25) is 0 Å². The number of ketones is 1. The molecule has 2 saturated carbocycles. The molecule has 35 heavy (non-hydrogen) atoms. The molecule has 1 unspecified atom stereocenters. The highest BCUT2D eigenvalue weighted by Crippen LogP contribution is 2.71. The fourth-order valence-electron chi connectivity index (χ4n) is 9.23. The van der Waals surface area contributed by atoms with Gasteiger partial charge in [-0.3, -0.25) is 4.79 Å². The molecule has 0 radical (unpaired) electrons. The van der Waals surface area contributed by atoms with Gasteiger partial charge in [0.1, 0.15) is 0 Å². The molecular weight excluding hydrogens is 440 g/mol. The quantitative estimate of drug-likeness (QED) is 0.434. The third-order valence-corrected chi connectivity index (χ3v) is 11.6. The maximum atomic E-state index is 13.9. The van der Waals surface area contributed by atoms with Gasteiger partial charge in [-0.05, 0) is 91.4 Å². The van der Waals surface area contributed by atoms with Crippen LogP contribution in [0.25, 0.3) is 0 Å². The van der Waals surface area contributed by atoms with E-state index in [1.807, 2.05) is 6.08 Å². The van der Waals surface area contributed by atoms with Crippen LogP contribution >= 0.6 is 0 Å². The number of aliphatic hydroxyl groups is 2. The molecule has 3 N–H and O–H groups in total. The van der Waals surface area contributed by atoms with E-state index in [-0.39, 0.29) is 33.4 Å². The number of aliphatic carboxylic acids is 1. The van der Waals surface area contributed by atoms with Crippen molar-refractivity contribution in [1.29, 1.82) is 0 Å². The number of allylic oxidation sites excluding steroid dienone is 2. The van der Waals surface area contributed by atoms with Gasteiger partial charge < -0.3 is 15.3 Å². The van der Waals surface area contributed by atoms with E-state index in [0.29, 0.717) is 36.7 Å². The molecule has 196 valence electrons. The summed E-state index contributed by atoms with van der Waals surface area (Å²) in [5.74, 6) is 0.102. The van der Waals surface area contributed by atoms with E-state index < -0.39 is 18.2 Å². The Balaban J connectivity index is 1.70. The van der Waals surface area contributed by atoms with Gasteiger partial charge in [-0.15, -0.1) is 0 Å². The van der Waals surface area contributed by atoms with E-state index in [1.54, 1.807) is 6.92 Å². The predicted octanol–water partition coefficient (Wildman–Crippen LogP) is 5.69. The normalized spacial score (nSPS) is 43.9. The second kappa shape index (κ2) is 8.55. The minimum Gasteiger partial charge on any atom is -0.478 e. The Morgan fingerprint density at radius 1 is 1.11 bits per heavy atom. The molecule has 4 rings (SSSR count). The molecule has 0 amide bonds. The fraction of sp³-hybridized carbons (Fsp3) is 0.800. The third kappa shape index (κ3) is 3.70. The largest absolute Gasteiger partial charge is 0.478 e. The number of carboxylic acids is 1. The van der Waals surface area contributed by atoms with E-state index in [9.17, 15) is 19.8 Å². The second-order valence-corrected chi connectivity index (χ2v) is 13.6. The van der Waals surface area contributed by atoms with Gasteiger partial charge >= 0.3 is 5.97 Å². The molecule has 0 bridgehead atoms. The number of hydrogen-bond donors (Lipinski definition) is 3. The van der Waals surface area contributed by atoms with Crippen LogP contribution in [0, 0.1) is 39.4 Å². The second-order valence-electron chi connectivity index (χ2n) is 13.6. The van der Waals surface area contributed by atoms with Crippen molar-refractivity contribution < 1.29 is 24.9 Å². The number of Topliss-reactive ketones (excluding diaryl/α,β-unsaturated/α-hetero) is 1. The standard InChI is InChI=1S/C30H46O5/c1-17(9-8-10-18(2)26(34)35)19-11-14-29(6)25-20(31)15-22-27(3,4)23(33)12-13-28(22,5)24(25)21(32)16-30(19,29)7/h10,17,19,21-23,32-33H,8-9,11-16H2,1-7H3,(H,34,35)/b18-10+/t17-,19?,21-,22+,23+,28+,29+,30-/m1/s1. The lowest BCUT2D eigenvalue weighted by molar-refractivity contribution is -0.138. The van der Waals surface area contributed by atoms with Crippen molar-refractivity contribution in [2.75, 3.05) is 0 Å². The molecule has 0 saturated heterocycles. The summed E-state index contributed by atoms with van der Waals surface area (Å²) in [5.41, 5.74) is 1.22. The van der Waals surface area contributed by atoms with E-state index in [2.05, 4.69) is 41.5 Å². The Hall–Kier alpha value is -1.46. The minimum absolute atomic E-state index is 0.0352. The van der Waals surface area contributed by atoms with Crippen molar-refractivity contribution in [3.8, 4) is 0 Å². The summed E-state index contributed by atoms with van der Waals surface area (Å²) in [6, 6.07) is 0. The summed E-state index contributed by atoms with van der Waals surface area (Å²) in [5, 5.41) is 31.7. The molecule has 0 aliphatic heterocycles. The Morgan fingerprint density at radius 2 is 1.77 bits per heavy atom. The molecule has 0 aromatic heterocycles. The highest BCUT2D eigenvalue weighted by molar-refractivity contribution is 6.00. The van der Waals surface area contributed by atoms with Crippen LogP contribution < -0.4 is 0 Å². The summed E-state index contributed by atoms with van der Waals surface area (Å²) in [6.45, 7) is 14.9. The molecule has 0 heterocycles. The molecule has 0 spiro atoms. The SMILES string of the molecule is C/C(=C\CC[C@@H](C)C1CC[C@@]2(C)C3=C([C@H](O)C[C@]12C)[C@@]1(C)CC[C@H](O)C(C)(C)[C@@H]1CC3=O)C(=O)O.